The number of ether oxygens (including phenoxy) is 1. The van der Waals surface area contributed by atoms with Crippen LogP contribution in [0.1, 0.15) is 38.1 Å². The maximum Gasteiger partial charge on any atom is 0.341 e. The molecule has 0 aromatic carbocycles. The minimum Gasteiger partial charge on any atom is -0.465 e. The van der Waals surface area contributed by atoms with Crippen LogP contribution in [0.15, 0.2) is 21.8 Å². The average Bonchev–Trinajstić information content (AvgIpc) is 2.85. The van der Waals surface area contributed by atoms with Crippen LogP contribution in [-0.2, 0) is 19.6 Å². The molecule has 1 aromatic rings. The fourth-order valence-electron chi connectivity index (χ4n) is 1.50. The van der Waals surface area contributed by atoms with Crippen molar-refractivity contribution >= 4 is 21.9 Å². The summed E-state index contributed by atoms with van der Waals surface area (Å²) in [6.07, 6.45) is 0.973. The second-order valence-electron chi connectivity index (χ2n) is 5.73. The average molecular weight is 332 g/mol. The normalized spacial score (nSPS) is 13.5. The molecule has 1 heterocycles. The van der Waals surface area contributed by atoms with Gasteiger partial charge in [-0.15, -0.1) is 0 Å². The zero-order chi connectivity index (χ0) is 17.1. The summed E-state index contributed by atoms with van der Waals surface area (Å²) in [6, 6.07) is 0.0265. The molecule has 0 radical (unpaired) electrons. The Kier molecular flexibility index (Phi) is 5.36. The van der Waals surface area contributed by atoms with E-state index >= 15 is 0 Å². The first-order chi connectivity index (χ1) is 9.96. The van der Waals surface area contributed by atoms with Crippen LogP contribution in [0.2, 0.25) is 0 Å². The van der Waals surface area contributed by atoms with Gasteiger partial charge in [0.15, 0.2) is 0 Å². The molecule has 8 nitrogen and oxygen atoms in total. The van der Waals surface area contributed by atoms with Crippen molar-refractivity contribution < 1.29 is 27.2 Å². The summed E-state index contributed by atoms with van der Waals surface area (Å²) in [7, 11) is -2.90. The Balaban J connectivity index is 2.85. The van der Waals surface area contributed by atoms with Crippen LogP contribution in [0.25, 0.3) is 0 Å². The second-order valence-corrected chi connectivity index (χ2v) is 7.37. The predicted octanol–water partition coefficient (Wildman–Crippen LogP) is 0.648. The van der Waals surface area contributed by atoms with Crippen molar-refractivity contribution in [3.05, 3.63) is 17.9 Å². The lowest BCUT2D eigenvalue weighted by Crippen LogP contribution is -2.50. The van der Waals surface area contributed by atoms with Gasteiger partial charge >= 0.3 is 5.97 Å². The molecular formula is C13H20N2O6S. The molecule has 0 aliphatic heterocycles. The number of esters is 1. The fourth-order valence-corrected chi connectivity index (χ4v) is 2.65. The van der Waals surface area contributed by atoms with Crippen LogP contribution in [-0.4, -0.2) is 39.0 Å². The molecule has 0 saturated carbocycles. The molecule has 0 bridgehead atoms. The molecule has 1 atom stereocenters. The van der Waals surface area contributed by atoms with Crippen LogP contribution < -0.4 is 10.0 Å². The van der Waals surface area contributed by atoms with E-state index < -0.39 is 38.6 Å². The first kappa shape index (κ1) is 18.2. The van der Waals surface area contributed by atoms with Gasteiger partial charge in [0.2, 0.25) is 11.0 Å². The molecule has 22 heavy (non-hydrogen) atoms. The largest absolute Gasteiger partial charge is 0.465 e. The van der Waals surface area contributed by atoms with Crippen molar-refractivity contribution in [2.45, 2.75) is 44.4 Å². The Hall–Kier alpha value is -1.87. The number of hydrogen-bond donors (Lipinski definition) is 2. The standard InChI is InChI=1S/C13H20N2O6S/c1-8(11(16)14-13(2,3)4)15-22(18,19)10-6-9(7-21-10)12(17)20-5/h6-8,15H,1-5H3,(H,14,16)/t8-/m1/s1. The number of nitrogens with one attached hydrogen (secondary N) is 2. The van der Waals surface area contributed by atoms with Crippen molar-refractivity contribution in [3.8, 4) is 0 Å². The third-order valence-corrected chi connectivity index (χ3v) is 3.89. The molecule has 0 saturated heterocycles. The SMILES string of the molecule is COC(=O)c1coc(S(=O)(=O)N[C@H](C)C(=O)NC(C)(C)C)c1. The molecule has 2 N–H and O–H groups in total. The number of methoxy groups -OCH3 is 1. The van der Waals surface area contributed by atoms with Crippen molar-refractivity contribution in [1.29, 1.82) is 0 Å². The van der Waals surface area contributed by atoms with Gasteiger partial charge in [0, 0.05) is 11.6 Å². The van der Waals surface area contributed by atoms with Gasteiger partial charge in [-0.2, -0.15) is 4.72 Å². The van der Waals surface area contributed by atoms with Crippen molar-refractivity contribution in [3.63, 3.8) is 0 Å². The lowest BCUT2D eigenvalue weighted by Gasteiger charge is -2.23. The minimum atomic E-state index is -4.07. The highest BCUT2D eigenvalue weighted by Crippen LogP contribution is 2.15. The van der Waals surface area contributed by atoms with Gasteiger partial charge in [0.05, 0.1) is 18.7 Å². The molecule has 1 rings (SSSR count). The predicted molar refractivity (Wildman–Crippen MR) is 77.7 cm³/mol. The Morgan fingerprint density at radius 2 is 1.91 bits per heavy atom. The van der Waals surface area contributed by atoms with Crippen LogP contribution >= 0.6 is 0 Å². The van der Waals surface area contributed by atoms with Crippen LogP contribution in [0.4, 0.5) is 0 Å². The monoisotopic (exact) mass is 332 g/mol. The molecule has 0 aliphatic carbocycles. The second kappa shape index (κ2) is 6.49. The van der Waals surface area contributed by atoms with Gasteiger partial charge in [0.1, 0.15) is 6.26 Å². The zero-order valence-electron chi connectivity index (χ0n) is 13.1. The van der Waals surface area contributed by atoms with E-state index in [9.17, 15) is 18.0 Å². The van der Waals surface area contributed by atoms with Gasteiger partial charge in [-0.05, 0) is 27.7 Å². The number of carbonyl (C=O) groups excluding carboxylic acids is 2. The summed E-state index contributed by atoms with van der Waals surface area (Å²) < 4.78 is 35.7. The van der Waals surface area contributed by atoms with Gasteiger partial charge in [0.25, 0.3) is 10.0 Å². The van der Waals surface area contributed by atoms with Crippen molar-refractivity contribution in [2.24, 2.45) is 0 Å². The van der Waals surface area contributed by atoms with E-state index in [4.69, 9.17) is 4.42 Å². The van der Waals surface area contributed by atoms with Crippen LogP contribution in [0.5, 0.6) is 0 Å². The highest BCUT2D eigenvalue weighted by atomic mass is 32.2. The first-order valence-electron chi connectivity index (χ1n) is 6.47. The third-order valence-electron chi connectivity index (χ3n) is 2.48. The lowest BCUT2D eigenvalue weighted by atomic mass is 10.1. The summed E-state index contributed by atoms with van der Waals surface area (Å²) in [5, 5.41) is 2.19. The number of hydrogen-bond acceptors (Lipinski definition) is 6. The Morgan fingerprint density at radius 1 is 1.32 bits per heavy atom. The van der Waals surface area contributed by atoms with E-state index in [1.807, 2.05) is 0 Å². The molecule has 1 amide bonds. The minimum absolute atomic E-state index is 0.0327. The van der Waals surface area contributed by atoms with E-state index in [-0.39, 0.29) is 5.56 Å². The van der Waals surface area contributed by atoms with Crippen LogP contribution in [0, 0.1) is 0 Å². The Morgan fingerprint density at radius 3 is 2.41 bits per heavy atom. The van der Waals surface area contributed by atoms with Crippen LogP contribution in [0.3, 0.4) is 0 Å². The first-order valence-corrected chi connectivity index (χ1v) is 7.96. The zero-order valence-corrected chi connectivity index (χ0v) is 13.9. The van der Waals surface area contributed by atoms with Gasteiger partial charge in [-0.1, -0.05) is 0 Å². The number of furan rings is 1. The lowest BCUT2D eigenvalue weighted by molar-refractivity contribution is -0.123. The third kappa shape index (κ3) is 4.85. The summed E-state index contributed by atoms with van der Waals surface area (Å²) >= 11 is 0. The number of carbonyl (C=O) groups is 2. The highest BCUT2D eigenvalue weighted by molar-refractivity contribution is 7.89. The van der Waals surface area contributed by atoms with E-state index in [0.29, 0.717) is 0 Å². The van der Waals surface area contributed by atoms with E-state index in [1.54, 1.807) is 20.8 Å². The number of rotatable bonds is 5. The quantitative estimate of drug-likeness (QED) is 0.765. The summed E-state index contributed by atoms with van der Waals surface area (Å²) in [5.41, 5.74) is -0.519. The molecular weight excluding hydrogens is 312 g/mol. The molecule has 0 spiro atoms. The summed E-state index contributed by atoms with van der Waals surface area (Å²) in [5.74, 6) is -1.19. The van der Waals surface area contributed by atoms with E-state index in [2.05, 4.69) is 14.8 Å². The van der Waals surface area contributed by atoms with Crippen molar-refractivity contribution in [1.82, 2.24) is 10.0 Å². The summed E-state index contributed by atoms with van der Waals surface area (Å²) in [6.45, 7) is 6.74. The fraction of sp³-hybridized carbons (Fsp3) is 0.538. The van der Waals surface area contributed by atoms with E-state index in [1.165, 1.54) is 14.0 Å². The van der Waals surface area contributed by atoms with E-state index in [0.717, 1.165) is 12.3 Å². The molecule has 9 heteroatoms. The van der Waals surface area contributed by atoms with Gasteiger partial charge in [-0.3, -0.25) is 4.79 Å². The molecule has 124 valence electrons. The van der Waals surface area contributed by atoms with Gasteiger partial charge in [-0.25, -0.2) is 13.2 Å². The summed E-state index contributed by atoms with van der Waals surface area (Å²) in [4.78, 5) is 23.2. The van der Waals surface area contributed by atoms with Crippen molar-refractivity contribution in [2.75, 3.05) is 7.11 Å². The molecule has 0 fully saturated rings. The maximum atomic E-state index is 12.1. The highest BCUT2D eigenvalue weighted by Gasteiger charge is 2.27. The number of amides is 1. The number of sulfonamides is 1. The Labute approximate surface area is 129 Å². The maximum absolute atomic E-state index is 12.1. The smallest absolute Gasteiger partial charge is 0.341 e. The molecule has 0 unspecified atom stereocenters. The molecule has 1 aromatic heterocycles. The molecule has 0 aliphatic rings. The Bertz CT molecular complexity index is 656. The van der Waals surface area contributed by atoms with Gasteiger partial charge < -0.3 is 14.5 Å². The topological polar surface area (TPSA) is 115 Å².